The number of nitrogens with zero attached hydrogens (tertiary/aromatic N) is 1. The summed E-state index contributed by atoms with van der Waals surface area (Å²) in [6.45, 7) is -0.517. The predicted molar refractivity (Wildman–Crippen MR) is 137 cm³/mol. The number of hydrogen-bond donors (Lipinski definition) is 1. The van der Waals surface area contributed by atoms with Gasteiger partial charge in [-0.1, -0.05) is 23.7 Å². The molecule has 37 heavy (non-hydrogen) atoms. The molecule has 4 rings (SSSR count). The highest BCUT2D eigenvalue weighted by molar-refractivity contribution is 8.18. The number of hydrogen-bond acceptors (Lipinski definition) is 7. The fourth-order valence-corrected chi connectivity index (χ4v) is 4.25. The average molecular weight is 541 g/mol. The van der Waals surface area contributed by atoms with E-state index in [4.69, 9.17) is 21.1 Å². The highest BCUT2D eigenvalue weighted by Gasteiger charge is 2.36. The number of esters is 1. The lowest BCUT2D eigenvalue weighted by Crippen LogP contribution is -2.36. The van der Waals surface area contributed by atoms with Gasteiger partial charge in [-0.15, -0.1) is 0 Å². The van der Waals surface area contributed by atoms with E-state index in [-0.39, 0.29) is 15.6 Å². The Morgan fingerprint density at radius 2 is 1.70 bits per heavy atom. The zero-order valence-electron chi connectivity index (χ0n) is 19.2. The molecule has 1 heterocycles. The Morgan fingerprint density at radius 1 is 1.03 bits per heavy atom. The number of ether oxygens (including phenoxy) is 2. The van der Waals surface area contributed by atoms with Gasteiger partial charge in [0.2, 0.25) is 5.91 Å². The summed E-state index contributed by atoms with van der Waals surface area (Å²) in [4.78, 5) is 50.6. The molecule has 1 aliphatic rings. The summed E-state index contributed by atoms with van der Waals surface area (Å²) in [6.07, 6.45) is 1.50. The summed E-state index contributed by atoms with van der Waals surface area (Å²) in [5.41, 5.74) is 1.16. The molecule has 3 amide bonds. The number of nitrogens with one attached hydrogen (secondary N) is 1. The number of rotatable bonds is 7. The lowest BCUT2D eigenvalue weighted by atomic mass is 10.2. The Hall–Kier alpha value is -4.15. The minimum atomic E-state index is -0.644. The van der Waals surface area contributed by atoms with Crippen LogP contribution in [-0.4, -0.2) is 41.6 Å². The van der Waals surface area contributed by atoms with Crippen LogP contribution in [0.2, 0.25) is 5.02 Å². The second-order valence-corrected chi connectivity index (χ2v) is 9.03. The molecule has 1 aliphatic heterocycles. The van der Waals surface area contributed by atoms with Gasteiger partial charge in [0, 0.05) is 5.69 Å². The number of carbonyl (C=O) groups is 4. The third kappa shape index (κ3) is 6.35. The smallest absolute Gasteiger partial charge is 0.343 e. The number of anilines is 1. The molecular formula is C26H18ClFN2O6S. The molecule has 0 aromatic heterocycles. The van der Waals surface area contributed by atoms with Gasteiger partial charge in [-0.05, 0) is 78.0 Å². The molecule has 0 bridgehead atoms. The van der Waals surface area contributed by atoms with Crippen LogP contribution >= 0.6 is 23.4 Å². The van der Waals surface area contributed by atoms with Crippen molar-refractivity contribution in [1.29, 1.82) is 0 Å². The van der Waals surface area contributed by atoms with E-state index < -0.39 is 35.4 Å². The summed E-state index contributed by atoms with van der Waals surface area (Å²) < 4.78 is 23.7. The largest absolute Gasteiger partial charge is 0.497 e. The first kappa shape index (κ1) is 25.9. The first-order valence-electron chi connectivity index (χ1n) is 10.7. The Kier molecular flexibility index (Phi) is 7.90. The number of amides is 3. The Balaban J connectivity index is 1.37. The molecule has 0 spiro atoms. The molecule has 0 saturated carbocycles. The van der Waals surface area contributed by atoms with Crippen LogP contribution in [0.1, 0.15) is 15.9 Å². The van der Waals surface area contributed by atoms with Gasteiger partial charge in [0.1, 0.15) is 23.9 Å². The molecule has 0 atom stereocenters. The first-order valence-corrected chi connectivity index (χ1v) is 11.9. The number of halogens is 2. The van der Waals surface area contributed by atoms with Gasteiger partial charge in [0.15, 0.2) is 0 Å². The van der Waals surface area contributed by atoms with Crippen LogP contribution in [0.15, 0.2) is 71.6 Å². The fourth-order valence-electron chi connectivity index (χ4n) is 3.23. The van der Waals surface area contributed by atoms with Gasteiger partial charge in [-0.25, -0.2) is 9.18 Å². The molecule has 11 heteroatoms. The number of methoxy groups -OCH3 is 1. The lowest BCUT2D eigenvalue weighted by molar-refractivity contribution is -0.127. The van der Waals surface area contributed by atoms with Gasteiger partial charge in [0.25, 0.3) is 11.1 Å². The Labute approximate surface area is 220 Å². The maximum absolute atomic E-state index is 13.3. The van der Waals surface area contributed by atoms with E-state index in [2.05, 4.69) is 5.32 Å². The van der Waals surface area contributed by atoms with E-state index in [1.165, 1.54) is 25.3 Å². The van der Waals surface area contributed by atoms with E-state index in [0.29, 0.717) is 34.4 Å². The van der Waals surface area contributed by atoms with Gasteiger partial charge >= 0.3 is 5.97 Å². The van der Waals surface area contributed by atoms with Crippen molar-refractivity contribution in [2.75, 3.05) is 19.0 Å². The van der Waals surface area contributed by atoms with E-state index >= 15 is 0 Å². The van der Waals surface area contributed by atoms with Crippen molar-refractivity contribution >= 4 is 58.1 Å². The van der Waals surface area contributed by atoms with Gasteiger partial charge in [-0.2, -0.15) is 0 Å². The summed E-state index contributed by atoms with van der Waals surface area (Å²) in [5, 5.41) is 1.69. The van der Waals surface area contributed by atoms with Crippen molar-refractivity contribution in [1.82, 2.24) is 4.90 Å². The first-order chi connectivity index (χ1) is 17.7. The van der Waals surface area contributed by atoms with Gasteiger partial charge in [-0.3, -0.25) is 19.3 Å². The standard InChI is InChI=1S/C26H18ClFN2O6S/c1-35-18-9-4-16(5-10-18)25(33)36-19-7-2-15(3-8-19)12-22-24(32)30(26(34)37-22)14-23(31)29-17-6-11-21(28)20(27)13-17/h2-13H,14H2,1H3,(H,29,31)/b22-12+. The monoisotopic (exact) mass is 540 g/mol. The van der Waals surface area contributed by atoms with Crippen LogP contribution in [0.4, 0.5) is 14.9 Å². The zero-order chi connectivity index (χ0) is 26.5. The van der Waals surface area contributed by atoms with Crippen molar-refractivity contribution in [3.05, 3.63) is 93.6 Å². The van der Waals surface area contributed by atoms with Crippen LogP contribution in [0.3, 0.4) is 0 Å². The Bertz CT molecular complexity index is 1410. The molecule has 1 saturated heterocycles. The number of carbonyl (C=O) groups excluding carboxylic acids is 4. The third-order valence-electron chi connectivity index (χ3n) is 5.09. The van der Waals surface area contributed by atoms with Crippen molar-refractivity contribution in [3.63, 3.8) is 0 Å². The average Bonchev–Trinajstić information content (AvgIpc) is 3.14. The summed E-state index contributed by atoms with van der Waals surface area (Å²) in [6, 6.07) is 16.4. The maximum Gasteiger partial charge on any atom is 0.343 e. The number of thioether (sulfide) groups is 1. The highest BCUT2D eigenvalue weighted by atomic mass is 35.5. The SMILES string of the molecule is COc1ccc(C(=O)Oc2ccc(/C=C3/SC(=O)N(CC(=O)Nc4ccc(F)c(Cl)c4)C3=O)cc2)cc1. The highest BCUT2D eigenvalue weighted by Crippen LogP contribution is 2.32. The van der Waals surface area contributed by atoms with Gasteiger partial charge in [0.05, 0.1) is 22.6 Å². The minimum Gasteiger partial charge on any atom is -0.497 e. The number of benzene rings is 3. The second kappa shape index (κ2) is 11.3. The van der Waals surface area contributed by atoms with E-state index in [9.17, 15) is 23.6 Å². The van der Waals surface area contributed by atoms with Crippen LogP contribution in [0, 0.1) is 5.82 Å². The molecule has 0 radical (unpaired) electrons. The summed E-state index contributed by atoms with van der Waals surface area (Å²) >= 11 is 6.39. The molecule has 3 aromatic carbocycles. The van der Waals surface area contributed by atoms with Crippen molar-refractivity contribution in [3.8, 4) is 11.5 Å². The lowest BCUT2D eigenvalue weighted by Gasteiger charge is -2.12. The quantitative estimate of drug-likeness (QED) is 0.244. The second-order valence-electron chi connectivity index (χ2n) is 7.63. The number of imide groups is 1. The molecule has 1 fully saturated rings. The van der Waals surface area contributed by atoms with Crippen molar-refractivity contribution < 1.29 is 33.0 Å². The van der Waals surface area contributed by atoms with Crippen LogP contribution in [-0.2, 0) is 9.59 Å². The minimum absolute atomic E-state index is 0.130. The van der Waals surface area contributed by atoms with E-state index in [1.807, 2.05) is 0 Å². The van der Waals surface area contributed by atoms with Crippen molar-refractivity contribution in [2.45, 2.75) is 0 Å². The topological polar surface area (TPSA) is 102 Å². The summed E-state index contributed by atoms with van der Waals surface area (Å²) in [5.74, 6) is -1.55. The van der Waals surface area contributed by atoms with Crippen LogP contribution < -0.4 is 14.8 Å². The van der Waals surface area contributed by atoms with Gasteiger partial charge < -0.3 is 14.8 Å². The molecule has 3 aromatic rings. The molecular weight excluding hydrogens is 523 g/mol. The normalized spacial score (nSPS) is 14.1. The third-order valence-corrected chi connectivity index (χ3v) is 6.29. The van der Waals surface area contributed by atoms with E-state index in [1.54, 1.807) is 48.5 Å². The fraction of sp³-hybridized carbons (Fsp3) is 0.0769. The molecule has 0 unspecified atom stereocenters. The van der Waals surface area contributed by atoms with Crippen LogP contribution in [0.5, 0.6) is 11.5 Å². The molecule has 1 N–H and O–H groups in total. The molecule has 188 valence electrons. The van der Waals surface area contributed by atoms with E-state index in [0.717, 1.165) is 11.0 Å². The maximum atomic E-state index is 13.3. The molecule has 0 aliphatic carbocycles. The van der Waals surface area contributed by atoms with Crippen LogP contribution in [0.25, 0.3) is 6.08 Å². The van der Waals surface area contributed by atoms with Crippen molar-refractivity contribution in [2.24, 2.45) is 0 Å². The predicted octanol–water partition coefficient (Wildman–Crippen LogP) is 5.38. The zero-order valence-corrected chi connectivity index (χ0v) is 20.8. The summed E-state index contributed by atoms with van der Waals surface area (Å²) in [7, 11) is 1.53. The Morgan fingerprint density at radius 3 is 2.35 bits per heavy atom. The molecule has 8 nitrogen and oxygen atoms in total.